The molecule has 0 heterocycles. The monoisotopic (exact) mass is 212 g/mol. The summed E-state index contributed by atoms with van der Waals surface area (Å²) in [6, 6.07) is 0.00233. The van der Waals surface area contributed by atoms with E-state index in [1.165, 1.54) is 0 Å². The van der Waals surface area contributed by atoms with Crippen LogP contribution in [-0.4, -0.2) is 17.7 Å². The zero-order valence-electron chi connectivity index (χ0n) is 10.0. The van der Waals surface area contributed by atoms with Crippen LogP contribution < -0.4 is 10.9 Å². The Morgan fingerprint density at radius 1 is 1.40 bits per heavy atom. The molecule has 1 amide bonds. The lowest BCUT2D eigenvalue weighted by Gasteiger charge is -2.22. The normalized spacial score (nSPS) is 14.9. The van der Waals surface area contributed by atoms with Crippen molar-refractivity contribution in [2.45, 2.75) is 46.3 Å². The van der Waals surface area contributed by atoms with Gasteiger partial charge in [0.1, 0.15) is 5.60 Å². The number of hydrogen-bond donors (Lipinski definition) is 2. The van der Waals surface area contributed by atoms with Crippen LogP contribution in [0, 0.1) is 18.3 Å². The molecule has 0 rings (SSSR count). The Hall–Kier alpha value is -1.21. The van der Waals surface area contributed by atoms with Gasteiger partial charge in [-0.3, -0.25) is 5.43 Å². The van der Waals surface area contributed by atoms with Crippen molar-refractivity contribution < 1.29 is 9.53 Å². The van der Waals surface area contributed by atoms with Crippen molar-refractivity contribution in [2.24, 2.45) is 5.92 Å². The highest BCUT2D eigenvalue weighted by molar-refractivity contribution is 5.67. The summed E-state index contributed by atoms with van der Waals surface area (Å²) in [5, 5.41) is 0. The Morgan fingerprint density at radius 2 is 1.93 bits per heavy atom. The minimum absolute atomic E-state index is 0.00233. The molecular formula is C11H20N2O2. The second-order valence-electron chi connectivity index (χ2n) is 4.52. The van der Waals surface area contributed by atoms with Gasteiger partial charge in [0.15, 0.2) is 0 Å². The molecule has 0 aromatic heterocycles. The number of amides is 1. The van der Waals surface area contributed by atoms with Gasteiger partial charge in [-0.05, 0) is 34.6 Å². The van der Waals surface area contributed by atoms with Crippen LogP contribution in [0.15, 0.2) is 0 Å². The summed E-state index contributed by atoms with van der Waals surface area (Å²) >= 11 is 0. The van der Waals surface area contributed by atoms with Gasteiger partial charge < -0.3 is 4.74 Å². The molecule has 15 heavy (non-hydrogen) atoms. The molecule has 0 aliphatic heterocycles. The summed E-state index contributed by atoms with van der Waals surface area (Å²) in [5.74, 6) is 2.62. The first-order chi connectivity index (χ1) is 6.76. The van der Waals surface area contributed by atoms with Gasteiger partial charge >= 0.3 is 6.09 Å². The second-order valence-corrected chi connectivity index (χ2v) is 4.52. The number of carbonyl (C=O) groups is 1. The highest BCUT2D eigenvalue weighted by Crippen LogP contribution is 2.06. The van der Waals surface area contributed by atoms with Crippen LogP contribution in [0.5, 0.6) is 0 Å². The number of terminal acetylenes is 1. The first-order valence-electron chi connectivity index (χ1n) is 4.97. The summed E-state index contributed by atoms with van der Waals surface area (Å²) < 4.78 is 5.04. The van der Waals surface area contributed by atoms with E-state index in [-0.39, 0.29) is 12.0 Å². The first-order valence-corrected chi connectivity index (χ1v) is 4.97. The summed E-state index contributed by atoms with van der Waals surface area (Å²) in [6.07, 6.45) is 4.75. The lowest BCUT2D eigenvalue weighted by molar-refractivity contribution is 0.0486. The maximum Gasteiger partial charge on any atom is 0.422 e. The van der Waals surface area contributed by atoms with Crippen molar-refractivity contribution in [3.63, 3.8) is 0 Å². The molecule has 0 aromatic rings. The molecule has 0 fully saturated rings. The van der Waals surface area contributed by atoms with Gasteiger partial charge in [0.2, 0.25) is 0 Å². The van der Waals surface area contributed by atoms with Crippen molar-refractivity contribution >= 4 is 6.09 Å². The van der Waals surface area contributed by atoms with E-state index in [0.29, 0.717) is 0 Å². The highest BCUT2D eigenvalue weighted by Gasteiger charge is 2.17. The number of hydrogen-bond acceptors (Lipinski definition) is 3. The molecule has 2 atom stereocenters. The Bertz CT molecular complexity index is 250. The van der Waals surface area contributed by atoms with Crippen LogP contribution in [0.3, 0.4) is 0 Å². The van der Waals surface area contributed by atoms with Gasteiger partial charge in [-0.25, -0.2) is 10.2 Å². The van der Waals surface area contributed by atoms with Gasteiger partial charge in [-0.15, -0.1) is 12.3 Å². The zero-order chi connectivity index (χ0) is 12.1. The van der Waals surface area contributed by atoms with Gasteiger partial charge in [0, 0.05) is 12.0 Å². The third-order valence-corrected chi connectivity index (χ3v) is 1.81. The molecule has 0 saturated carbocycles. The van der Waals surface area contributed by atoms with E-state index in [0.717, 1.165) is 0 Å². The largest absolute Gasteiger partial charge is 0.443 e. The van der Waals surface area contributed by atoms with Crippen molar-refractivity contribution in [1.82, 2.24) is 10.9 Å². The van der Waals surface area contributed by atoms with Crippen LogP contribution in [-0.2, 0) is 4.74 Å². The quantitative estimate of drug-likeness (QED) is 0.552. The minimum Gasteiger partial charge on any atom is -0.443 e. The maximum atomic E-state index is 11.2. The van der Waals surface area contributed by atoms with Crippen LogP contribution in [0.2, 0.25) is 0 Å². The summed E-state index contributed by atoms with van der Waals surface area (Å²) in [5.41, 5.74) is 4.74. The van der Waals surface area contributed by atoms with Crippen molar-refractivity contribution in [3.8, 4) is 12.3 Å². The Morgan fingerprint density at radius 3 is 2.33 bits per heavy atom. The Balaban J connectivity index is 3.88. The number of carbonyl (C=O) groups excluding carboxylic acids is 1. The topological polar surface area (TPSA) is 50.4 Å². The van der Waals surface area contributed by atoms with Crippen LogP contribution >= 0.6 is 0 Å². The van der Waals surface area contributed by atoms with Crippen molar-refractivity contribution in [2.75, 3.05) is 0 Å². The number of hydrazine groups is 1. The standard InChI is InChI=1S/C11H20N2O2/c1-7-8(2)9(3)12-13-10(14)15-11(4,5)6/h1,8-9,12H,2-6H3,(H,13,14). The summed E-state index contributed by atoms with van der Waals surface area (Å²) in [6.45, 7) is 9.20. The van der Waals surface area contributed by atoms with E-state index in [4.69, 9.17) is 11.2 Å². The predicted molar refractivity (Wildman–Crippen MR) is 60.0 cm³/mol. The lowest BCUT2D eigenvalue weighted by atomic mass is 10.1. The summed E-state index contributed by atoms with van der Waals surface area (Å²) in [4.78, 5) is 11.2. The fourth-order valence-electron chi connectivity index (χ4n) is 0.746. The molecule has 0 radical (unpaired) electrons. The fourth-order valence-corrected chi connectivity index (χ4v) is 0.746. The number of nitrogens with one attached hydrogen (secondary N) is 2. The maximum absolute atomic E-state index is 11.2. The van der Waals surface area contributed by atoms with E-state index in [1.807, 2.05) is 13.8 Å². The molecule has 0 aromatic carbocycles. The van der Waals surface area contributed by atoms with Gasteiger partial charge in [0.05, 0.1) is 0 Å². The molecule has 86 valence electrons. The van der Waals surface area contributed by atoms with E-state index in [2.05, 4.69) is 16.8 Å². The number of ether oxygens (including phenoxy) is 1. The predicted octanol–water partition coefficient (Wildman–Crippen LogP) is 1.67. The van der Waals surface area contributed by atoms with Crippen molar-refractivity contribution in [3.05, 3.63) is 0 Å². The van der Waals surface area contributed by atoms with Gasteiger partial charge in [-0.2, -0.15) is 0 Å². The zero-order valence-corrected chi connectivity index (χ0v) is 10.0. The Kier molecular flexibility index (Phi) is 5.16. The smallest absolute Gasteiger partial charge is 0.422 e. The van der Waals surface area contributed by atoms with Crippen LogP contribution in [0.4, 0.5) is 4.79 Å². The van der Waals surface area contributed by atoms with E-state index < -0.39 is 11.7 Å². The minimum atomic E-state index is -0.501. The molecule has 0 saturated heterocycles. The third kappa shape index (κ3) is 6.81. The molecule has 0 aliphatic rings. The third-order valence-electron chi connectivity index (χ3n) is 1.81. The molecule has 0 bridgehead atoms. The molecular weight excluding hydrogens is 192 g/mol. The molecule has 4 heteroatoms. The molecule has 0 spiro atoms. The van der Waals surface area contributed by atoms with E-state index in [1.54, 1.807) is 20.8 Å². The molecule has 2 unspecified atom stereocenters. The van der Waals surface area contributed by atoms with E-state index >= 15 is 0 Å². The second kappa shape index (κ2) is 5.62. The van der Waals surface area contributed by atoms with Crippen molar-refractivity contribution in [1.29, 1.82) is 0 Å². The fraction of sp³-hybridized carbons (Fsp3) is 0.727. The highest BCUT2D eigenvalue weighted by atomic mass is 16.6. The molecule has 2 N–H and O–H groups in total. The van der Waals surface area contributed by atoms with Crippen LogP contribution in [0.1, 0.15) is 34.6 Å². The Labute approximate surface area is 91.7 Å². The first kappa shape index (κ1) is 13.8. The summed E-state index contributed by atoms with van der Waals surface area (Å²) in [7, 11) is 0. The average Bonchev–Trinajstić information content (AvgIpc) is 2.10. The number of rotatable bonds is 3. The van der Waals surface area contributed by atoms with Crippen LogP contribution in [0.25, 0.3) is 0 Å². The van der Waals surface area contributed by atoms with Gasteiger partial charge in [-0.1, -0.05) is 0 Å². The SMILES string of the molecule is C#CC(C)C(C)NNC(=O)OC(C)(C)C. The lowest BCUT2D eigenvalue weighted by Crippen LogP contribution is -2.47. The van der Waals surface area contributed by atoms with Gasteiger partial charge in [0.25, 0.3) is 0 Å². The molecule has 4 nitrogen and oxygen atoms in total. The average molecular weight is 212 g/mol. The van der Waals surface area contributed by atoms with E-state index in [9.17, 15) is 4.79 Å². The molecule has 0 aliphatic carbocycles.